The lowest BCUT2D eigenvalue weighted by Crippen LogP contribution is -1.93. The van der Waals surface area contributed by atoms with Crippen LogP contribution in [-0.4, -0.2) is 7.11 Å². The number of ether oxygens (including phenoxy) is 1. The van der Waals surface area contributed by atoms with E-state index in [-0.39, 0.29) is 4.83 Å². The van der Waals surface area contributed by atoms with Crippen molar-refractivity contribution >= 4 is 27.3 Å². The van der Waals surface area contributed by atoms with Gasteiger partial charge in [-0.05, 0) is 35.6 Å². The van der Waals surface area contributed by atoms with Crippen LogP contribution in [0.2, 0.25) is 0 Å². The number of halogens is 1. The Bertz CT molecular complexity index is 465. The lowest BCUT2D eigenvalue weighted by atomic mass is 10.1. The highest BCUT2D eigenvalue weighted by atomic mass is 79.9. The maximum Gasteiger partial charge on any atom is 0.122 e. The first-order valence-electron chi connectivity index (χ1n) is 5.04. The van der Waals surface area contributed by atoms with Crippen molar-refractivity contribution in [3.8, 4) is 5.75 Å². The van der Waals surface area contributed by atoms with Gasteiger partial charge in [0.15, 0.2) is 0 Å². The summed E-state index contributed by atoms with van der Waals surface area (Å²) in [5.74, 6) is 0.943. The van der Waals surface area contributed by atoms with Crippen LogP contribution >= 0.6 is 27.3 Å². The van der Waals surface area contributed by atoms with Gasteiger partial charge in [0, 0.05) is 4.88 Å². The number of methoxy groups -OCH3 is 1. The van der Waals surface area contributed by atoms with E-state index in [0.717, 1.165) is 11.3 Å². The van der Waals surface area contributed by atoms with Crippen molar-refractivity contribution < 1.29 is 4.74 Å². The zero-order valence-corrected chi connectivity index (χ0v) is 11.6. The molecule has 0 amide bonds. The van der Waals surface area contributed by atoms with Gasteiger partial charge in [0.05, 0.1) is 11.9 Å². The Labute approximate surface area is 108 Å². The van der Waals surface area contributed by atoms with Crippen LogP contribution in [0.5, 0.6) is 5.75 Å². The maximum atomic E-state index is 5.34. The van der Waals surface area contributed by atoms with Crippen molar-refractivity contribution in [1.29, 1.82) is 0 Å². The van der Waals surface area contributed by atoms with E-state index in [1.54, 1.807) is 18.4 Å². The van der Waals surface area contributed by atoms with Gasteiger partial charge >= 0.3 is 0 Å². The molecule has 2 rings (SSSR count). The molecule has 2 aromatic rings. The van der Waals surface area contributed by atoms with Gasteiger partial charge in [-0.2, -0.15) is 0 Å². The average Bonchev–Trinajstić information content (AvgIpc) is 2.82. The summed E-state index contributed by atoms with van der Waals surface area (Å²) >= 11 is 5.47. The lowest BCUT2D eigenvalue weighted by molar-refractivity contribution is 0.411. The Morgan fingerprint density at radius 3 is 2.75 bits per heavy atom. The van der Waals surface area contributed by atoms with Gasteiger partial charge in [0.25, 0.3) is 0 Å². The third kappa shape index (κ3) is 2.30. The smallest absolute Gasteiger partial charge is 0.122 e. The van der Waals surface area contributed by atoms with Gasteiger partial charge in [0.2, 0.25) is 0 Å². The molecule has 0 fully saturated rings. The summed E-state index contributed by atoms with van der Waals surface area (Å²) in [5, 5.41) is 2.09. The number of aryl methyl sites for hydroxylation is 1. The van der Waals surface area contributed by atoms with Crippen molar-refractivity contribution in [1.82, 2.24) is 0 Å². The Balaban J connectivity index is 2.34. The van der Waals surface area contributed by atoms with Gasteiger partial charge in [-0.25, -0.2) is 0 Å². The molecule has 0 aliphatic carbocycles. The average molecular weight is 297 g/mol. The molecule has 1 aromatic heterocycles. The quantitative estimate of drug-likeness (QED) is 0.755. The molecule has 0 N–H and O–H groups in total. The number of alkyl halides is 1. The van der Waals surface area contributed by atoms with Crippen LogP contribution in [-0.2, 0) is 0 Å². The van der Waals surface area contributed by atoms with E-state index in [4.69, 9.17) is 4.74 Å². The molecule has 1 aromatic carbocycles. The predicted octanol–water partition coefficient (Wildman–Crippen LogP) is 4.55. The molecule has 0 radical (unpaired) electrons. The Kier molecular flexibility index (Phi) is 3.66. The van der Waals surface area contributed by atoms with Crippen molar-refractivity contribution in [3.05, 3.63) is 51.7 Å². The topological polar surface area (TPSA) is 9.23 Å². The highest BCUT2D eigenvalue weighted by Gasteiger charge is 2.12. The molecule has 0 bridgehead atoms. The second-order valence-electron chi connectivity index (χ2n) is 3.61. The van der Waals surface area contributed by atoms with E-state index in [2.05, 4.69) is 58.6 Å². The van der Waals surface area contributed by atoms with Crippen LogP contribution in [0.1, 0.15) is 20.8 Å². The van der Waals surface area contributed by atoms with Crippen molar-refractivity contribution in [3.63, 3.8) is 0 Å². The predicted molar refractivity (Wildman–Crippen MR) is 72.8 cm³/mol. The minimum atomic E-state index is 0.252. The fourth-order valence-corrected chi connectivity index (χ4v) is 3.08. The number of thiophene rings is 1. The van der Waals surface area contributed by atoms with Gasteiger partial charge in [-0.15, -0.1) is 11.3 Å². The molecule has 0 aliphatic rings. The van der Waals surface area contributed by atoms with Crippen LogP contribution in [0.4, 0.5) is 0 Å². The zero-order valence-electron chi connectivity index (χ0n) is 9.24. The molecule has 1 heterocycles. The summed E-state index contributed by atoms with van der Waals surface area (Å²) in [6.07, 6.45) is 0. The van der Waals surface area contributed by atoms with Crippen LogP contribution in [0, 0.1) is 6.92 Å². The van der Waals surface area contributed by atoms with Crippen LogP contribution in [0.15, 0.2) is 35.7 Å². The largest absolute Gasteiger partial charge is 0.496 e. The molecule has 16 heavy (non-hydrogen) atoms. The first-order valence-corrected chi connectivity index (χ1v) is 6.84. The molecule has 84 valence electrons. The summed E-state index contributed by atoms with van der Waals surface area (Å²) in [5.41, 5.74) is 2.39. The molecule has 1 nitrogen and oxygen atoms in total. The Morgan fingerprint density at radius 2 is 2.12 bits per heavy atom. The molecule has 1 unspecified atom stereocenters. The molecule has 1 atom stereocenters. The number of rotatable bonds is 3. The van der Waals surface area contributed by atoms with Gasteiger partial charge in [-0.3, -0.25) is 0 Å². The third-order valence-corrected chi connectivity index (χ3v) is 4.78. The van der Waals surface area contributed by atoms with E-state index in [9.17, 15) is 0 Å². The molecule has 0 saturated heterocycles. The lowest BCUT2D eigenvalue weighted by Gasteiger charge is -2.11. The first-order chi connectivity index (χ1) is 7.72. The SMILES string of the molecule is COc1cc(C(Br)c2cccs2)ccc1C. The first kappa shape index (κ1) is 11.7. The standard InChI is InChI=1S/C13H13BrOS/c1-9-5-6-10(8-11(9)15-2)13(14)12-4-3-7-16-12/h3-8,13H,1-2H3. The summed E-state index contributed by atoms with van der Waals surface area (Å²) in [6.45, 7) is 2.05. The van der Waals surface area contributed by atoms with Crippen LogP contribution < -0.4 is 4.74 Å². The molecule has 0 aliphatic heterocycles. The van der Waals surface area contributed by atoms with Gasteiger partial charge in [0.1, 0.15) is 5.75 Å². The monoisotopic (exact) mass is 296 g/mol. The molecule has 3 heteroatoms. The van der Waals surface area contributed by atoms with Crippen molar-refractivity contribution in [2.24, 2.45) is 0 Å². The summed E-state index contributed by atoms with van der Waals surface area (Å²) < 4.78 is 5.34. The van der Waals surface area contributed by atoms with Gasteiger partial charge in [-0.1, -0.05) is 34.1 Å². The van der Waals surface area contributed by atoms with Crippen LogP contribution in [0.3, 0.4) is 0 Å². The normalized spacial score (nSPS) is 12.4. The molecule has 0 saturated carbocycles. The number of hydrogen-bond donors (Lipinski definition) is 0. The second-order valence-corrected chi connectivity index (χ2v) is 5.50. The Hall–Kier alpha value is -0.800. The molecule has 0 spiro atoms. The summed E-state index contributed by atoms with van der Waals surface area (Å²) in [7, 11) is 1.71. The highest BCUT2D eigenvalue weighted by molar-refractivity contribution is 9.09. The molecular weight excluding hydrogens is 284 g/mol. The van der Waals surface area contributed by atoms with E-state index in [0.29, 0.717) is 0 Å². The van der Waals surface area contributed by atoms with E-state index in [1.165, 1.54) is 10.4 Å². The summed E-state index contributed by atoms with van der Waals surface area (Å²) in [6, 6.07) is 10.5. The highest BCUT2D eigenvalue weighted by Crippen LogP contribution is 2.35. The van der Waals surface area contributed by atoms with Crippen LogP contribution in [0.25, 0.3) is 0 Å². The number of benzene rings is 1. The minimum absolute atomic E-state index is 0.252. The van der Waals surface area contributed by atoms with Gasteiger partial charge < -0.3 is 4.74 Å². The summed E-state index contributed by atoms with van der Waals surface area (Å²) in [4.78, 5) is 1.56. The van der Waals surface area contributed by atoms with E-state index in [1.807, 2.05) is 0 Å². The molecular formula is C13H13BrOS. The third-order valence-electron chi connectivity index (χ3n) is 2.52. The fraction of sp³-hybridized carbons (Fsp3) is 0.231. The van der Waals surface area contributed by atoms with E-state index < -0.39 is 0 Å². The fourth-order valence-electron chi connectivity index (χ4n) is 1.59. The van der Waals surface area contributed by atoms with Crippen molar-refractivity contribution in [2.75, 3.05) is 7.11 Å². The van der Waals surface area contributed by atoms with Crippen molar-refractivity contribution in [2.45, 2.75) is 11.8 Å². The Morgan fingerprint density at radius 1 is 1.31 bits per heavy atom. The zero-order chi connectivity index (χ0) is 11.5. The maximum absolute atomic E-state index is 5.34. The number of hydrogen-bond acceptors (Lipinski definition) is 2. The minimum Gasteiger partial charge on any atom is -0.496 e. The second kappa shape index (κ2) is 5.02. The van der Waals surface area contributed by atoms with E-state index >= 15 is 0 Å².